The summed E-state index contributed by atoms with van der Waals surface area (Å²) in [6.07, 6.45) is -21.4. The van der Waals surface area contributed by atoms with Crippen LogP contribution < -0.4 is 34.8 Å². The van der Waals surface area contributed by atoms with Gasteiger partial charge in [0.05, 0.1) is 32.5 Å². The summed E-state index contributed by atoms with van der Waals surface area (Å²) < 4.78 is 340. The maximum absolute atomic E-state index is 13.9. The van der Waals surface area contributed by atoms with Gasteiger partial charge in [0.1, 0.15) is 5.25 Å². The number of carbonyl (C=O) groups is 2. The molecule has 0 heterocycles. The summed E-state index contributed by atoms with van der Waals surface area (Å²) in [5, 5.41) is 9.84. The second-order valence-corrected chi connectivity index (χ2v) is 10.6. The average Bonchev–Trinajstić information content (AvgIpc) is 2.97. The van der Waals surface area contributed by atoms with E-state index in [1.165, 1.54) is 0 Å². The second-order valence-electron chi connectivity index (χ2n) is 9.66. The van der Waals surface area contributed by atoms with Crippen LogP contribution in [0.4, 0.5) is 110 Å². The van der Waals surface area contributed by atoms with Crippen LogP contribution in [0.25, 0.3) is 0 Å². The van der Waals surface area contributed by atoms with Crippen molar-refractivity contribution in [3.63, 3.8) is 0 Å². The Labute approximate surface area is 306 Å². The van der Waals surface area contributed by atoms with Gasteiger partial charge in [0.2, 0.25) is 0 Å². The van der Waals surface area contributed by atoms with E-state index in [0.29, 0.717) is 0 Å². The number of esters is 2. The van der Waals surface area contributed by atoms with Crippen molar-refractivity contribution in [2.24, 2.45) is 0 Å². The average molecular weight is 894 g/mol. The maximum Gasteiger partial charge on any atom is 1.00 e. The molecule has 0 aliphatic carbocycles. The summed E-state index contributed by atoms with van der Waals surface area (Å²) in [6, 6.07) is 0. The first-order valence-electron chi connectivity index (χ1n) is 12.2. The van der Waals surface area contributed by atoms with Crippen LogP contribution >= 0.6 is 12.0 Å². The van der Waals surface area contributed by atoms with E-state index < -0.39 is 134 Å². The zero-order valence-electron chi connectivity index (χ0n) is 24.9. The predicted octanol–water partition coefficient (Wildman–Crippen LogP) is 4.67. The minimum Gasteiger partial charge on any atom is -0.691 e. The summed E-state index contributed by atoms with van der Waals surface area (Å²) in [7, 11) is 0. The van der Waals surface area contributed by atoms with Crippen LogP contribution in [0, 0.1) is 0 Å². The fraction of sp³-hybridized carbons (Fsp3) is 0.900. The van der Waals surface area contributed by atoms with Gasteiger partial charge in [0, 0.05) is 12.0 Å². The molecule has 54 heavy (non-hydrogen) atoms. The Balaban J connectivity index is 0. The maximum atomic E-state index is 13.9. The van der Waals surface area contributed by atoms with Gasteiger partial charge < -0.3 is 14.7 Å². The number of ether oxygens (including phenoxy) is 2. The van der Waals surface area contributed by atoms with Crippen molar-refractivity contribution in [1.29, 1.82) is 0 Å². The summed E-state index contributed by atoms with van der Waals surface area (Å²) in [6.45, 7) is -4.77. The molecule has 0 rings (SSSR count). The summed E-state index contributed by atoms with van der Waals surface area (Å²) in [5.41, 5.74) is 0. The Morgan fingerprint density at radius 3 is 1.26 bits per heavy atom. The Hall–Kier alpha value is -1.58. The predicted molar refractivity (Wildman–Crippen MR) is 111 cm³/mol. The largest absolute Gasteiger partial charge is 1.00 e. The molecule has 7 nitrogen and oxygen atoms in total. The minimum atomic E-state index is -8.74. The fourth-order valence-corrected chi connectivity index (χ4v) is 3.46. The molecule has 0 saturated carbocycles. The number of carbonyl (C=O) groups excluding carboxylic acids is 2. The molecule has 0 N–H and O–H groups in total. The molecule has 0 spiro atoms. The Kier molecular flexibility index (Phi) is 17.7. The van der Waals surface area contributed by atoms with E-state index in [-0.39, 0.29) is 29.6 Å². The van der Waals surface area contributed by atoms with Crippen molar-refractivity contribution in [2.75, 3.05) is 13.2 Å². The van der Waals surface area contributed by atoms with Crippen LogP contribution in [0.5, 0.6) is 0 Å². The van der Waals surface area contributed by atoms with Gasteiger partial charge in [0.25, 0.3) is 0 Å². The van der Waals surface area contributed by atoms with Crippen molar-refractivity contribution in [3.8, 4) is 0 Å². The molecule has 0 aliphatic heterocycles. The van der Waals surface area contributed by atoms with E-state index >= 15 is 0 Å². The normalized spacial score (nSPS) is 15.5. The third-order valence-corrected chi connectivity index (χ3v) is 6.80. The minimum absolute atomic E-state index is 0. The van der Waals surface area contributed by atoms with Crippen LogP contribution in [0.15, 0.2) is 0 Å². The molecule has 0 aliphatic rings. The molecule has 0 fully saturated rings. The summed E-state index contributed by atoms with van der Waals surface area (Å²) in [4.78, 5) is 23.6. The van der Waals surface area contributed by atoms with Crippen molar-refractivity contribution in [2.45, 2.75) is 96.3 Å². The van der Waals surface area contributed by atoms with Crippen LogP contribution in [0.2, 0.25) is 0 Å². The summed E-state index contributed by atoms with van der Waals surface area (Å²) >= 11 is -0.812. The van der Waals surface area contributed by atoms with Crippen molar-refractivity contribution in [1.82, 2.24) is 0 Å². The van der Waals surface area contributed by atoms with Gasteiger partial charge in [-0.25, -0.2) is 8.78 Å². The van der Waals surface area contributed by atoms with Gasteiger partial charge in [-0.15, -0.1) is 0 Å². The van der Waals surface area contributed by atoms with E-state index in [2.05, 4.69) is 18.8 Å². The number of hydrogen-bond donors (Lipinski definition) is 0. The van der Waals surface area contributed by atoms with Gasteiger partial charge in [-0.2, -0.15) is 105 Å². The molecule has 1 unspecified atom stereocenters. The molecule has 0 aromatic carbocycles. The molecule has 0 aromatic rings. The smallest absolute Gasteiger partial charge is 0.691 e. The zero-order chi connectivity index (χ0) is 42.9. The molecule has 0 radical (unpaired) electrons. The van der Waals surface area contributed by atoms with E-state index in [0.717, 1.165) is 0 Å². The van der Waals surface area contributed by atoms with Gasteiger partial charge in [-0.3, -0.25) is 14.6 Å². The Morgan fingerprint density at radius 1 is 0.537 bits per heavy atom. The fourth-order valence-electron chi connectivity index (χ4n) is 2.99. The van der Waals surface area contributed by atoms with Gasteiger partial charge in [-0.05, 0) is 0 Å². The van der Waals surface area contributed by atoms with Gasteiger partial charge >= 0.3 is 113 Å². The van der Waals surface area contributed by atoms with Crippen LogP contribution in [0.1, 0.15) is 19.3 Å². The van der Waals surface area contributed by atoms with Crippen LogP contribution in [0.3, 0.4) is 0 Å². The van der Waals surface area contributed by atoms with Gasteiger partial charge in [0.15, 0.2) is 0 Å². The first-order valence-corrected chi connectivity index (χ1v) is 13.0. The van der Waals surface area contributed by atoms with E-state index in [4.69, 9.17) is 0 Å². The molecule has 0 saturated heterocycles. The molecular weight excluding hydrogens is 882 g/mol. The molecular formula is C20H12F25NaO7S. The monoisotopic (exact) mass is 894 g/mol. The number of rotatable bonds is 21. The Bertz CT molecular complexity index is 1260. The first-order chi connectivity index (χ1) is 23.1. The molecule has 0 aromatic heterocycles. The molecule has 316 valence electrons. The number of halogens is 25. The van der Waals surface area contributed by atoms with E-state index in [9.17, 15) is 125 Å². The van der Waals surface area contributed by atoms with Crippen molar-refractivity contribution < 1.29 is 173 Å². The van der Waals surface area contributed by atoms with E-state index in [1.807, 2.05) is 0 Å². The zero-order valence-corrected chi connectivity index (χ0v) is 27.7. The quantitative estimate of drug-likeness (QED) is 0.0411. The second kappa shape index (κ2) is 17.5. The first kappa shape index (κ1) is 54.5. The van der Waals surface area contributed by atoms with Crippen molar-refractivity contribution in [3.05, 3.63) is 0 Å². The third kappa shape index (κ3) is 9.92. The van der Waals surface area contributed by atoms with Gasteiger partial charge in [-0.1, -0.05) is 0 Å². The summed E-state index contributed by atoms with van der Waals surface area (Å²) in [5.74, 6) is -82.7. The number of hydrogen-bond acceptors (Lipinski definition) is 8. The molecule has 0 bridgehead atoms. The third-order valence-electron chi connectivity index (χ3n) is 6.08. The SMILES string of the molecule is O=C(CC(SOO[O-])C(=O)OCCC(F)(F)C(F)(F)C(F)(F)C(F)(F)F)OCCC(F)(F)C(F)(F)C(F)(F)C(F)(F)C(F)(F)C(F)(F)C(F)(F)C(F)F.[Na+]. The van der Waals surface area contributed by atoms with E-state index in [1.54, 1.807) is 0 Å². The van der Waals surface area contributed by atoms with Crippen LogP contribution in [-0.4, -0.2) is 102 Å². The number of alkyl halides is 25. The molecule has 0 amide bonds. The molecule has 1 atom stereocenters. The standard InChI is InChI=1S/C20H13F25O7S.Na/c21-9(22)12(27,28)15(33,34)17(37,38)18(39,40)16(35,36)13(29,30)10(23,24)1-3-49-7(46)5-6(53-52-51-48)8(47)50-4-2-11(25,26)14(31,32)19(41,42)20(43,44)45;/h6,9,48H,1-5H2;/q;+1/p-1. The Morgan fingerprint density at radius 2 is 0.889 bits per heavy atom. The van der Waals surface area contributed by atoms with Crippen molar-refractivity contribution >= 4 is 24.0 Å². The topological polar surface area (TPSA) is 94.1 Å². The molecule has 34 heteroatoms. The van der Waals surface area contributed by atoms with Crippen LogP contribution in [-0.2, 0) is 28.4 Å².